The second-order valence-corrected chi connectivity index (χ2v) is 6.35. The summed E-state index contributed by atoms with van der Waals surface area (Å²) in [4.78, 5) is 16.7. The van der Waals surface area contributed by atoms with Crippen molar-refractivity contribution in [1.29, 1.82) is 0 Å². The maximum absolute atomic E-state index is 11.2. The van der Waals surface area contributed by atoms with E-state index in [1.54, 1.807) is 11.3 Å². The summed E-state index contributed by atoms with van der Waals surface area (Å²) in [5, 5.41) is 4.20. The standard InChI is InChI=1S/C17H22N2O3S/c1-3-21-17(20)8-9-18-11-14-4-6-15(7-5-14)22-12-16-19-10-13(2)23-16/h4-7,10,18H,3,8-9,11-12H2,1-2H3. The number of nitrogens with one attached hydrogen (secondary N) is 1. The molecular weight excluding hydrogens is 312 g/mol. The van der Waals surface area contributed by atoms with Crippen LogP contribution in [0.3, 0.4) is 0 Å². The first-order valence-electron chi connectivity index (χ1n) is 7.66. The van der Waals surface area contributed by atoms with Gasteiger partial charge >= 0.3 is 5.97 Å². The van der Waals surface area contributed by atoms with Crippen LogP contribution in [0.15, 0.2) is 30.5 Å². The third kappa shape index (κ3) is 6.38. The molecule has 2 rings (SSSR count). The predicted molar refractivity (Wildman–Crippen MR) is 90.6 cm³/mol. The molecule has 124 valence electrons. The van der Waals surface area contributed by atoms with Gasteiger partial charge in [0, 0.05) is 24.2 Å². The Balaban J connectivity index is 1.68. The number of carbonyl (C=O) groups is 1. The first-order valence-corrected chi connectivity index (χ1v) is 8.48. The highest BCUT2D eigenvalue weighted by molar-refractivity contribution is 7.11. The first kappa shape index (κ1) is 17.4. The van der Waals surface area contributed by atoms with E-state index >= 15 is 0 Å². The van der Waals surface area contributed by atoms with Crippen molar-refractivity contribution in [3.63, 3.8) is 0 Å². The van der Waals surface area contributed by atoms with E-state index in [2.05, 4.69) is 10.3 Å². The Hall–Kier alpha value is -1.92. The molecule has 6 heteroatoms. The molecule has 1 N–H and O–H groups in total. The van der Waals surface area contributed by atoms with Crippen molar-refractivity contribution < 1.29 is 14.3 Å². The molecule has 0 aliphatic heterocycles. The van der Waals surface area contributed by atoms with Gasteiger partial charge in [-0.15, -0.1) is 11.3 Å². The number of aryl methyl sites for hydroxylation is 1. The Bertz CT molecular complexity index is 611. The molecule has 1 aromatic heterocycles. The van der Waals surface area contributed by atoms with Gasteiger partial charge < -0.3 is 14.8 Å². The monoisotopic (exact) mass is 334 g/mol. The van der Waals surface area contributed by atoms with Gasteiger partial charge in [0.1, 0.15) is 17.4 Å². The second kappa shape index (κ2) is 9.27. The smallest absolute Gasteiger partial charge is 0.307 e. The third-order valence-corrected chi connectivity index (χ3v) is 3.98. The van der Waals surface area contributed by atoms with Crippen LogP contribution in [-0.2, 0) is 22.7 Å². The van der Waals surface area contributed by atoms with Gasteiger partial charge in [-0.2, -0.15) is 0 Å². The topological polar surface area (TPSA) is 60.5 Å². The third-order valence-electron chi connectivity index (χ3n) is 3.10. The summed E-state index contributed by atoms with van der Waals surface area (Å²) in [6.45, 7) is 6.10. The van der Waals surface area contributed by atoms with Gasteiger partial charge in [-0.3, -0.25) is 4.79 Å². The van der Waals surface area contributed by atoms with Crippen LogP contribution in [0.4, 0.5) is 0 Å². The summed E-state index contributed by atoms with van der Waals surface area (Å²) in [6, 6.07) is 7.92. The largest absolute Gasteiger partial charge is 0.486 e. The summed E-state index contributed by atoms with van der Waals surface area (Å²) < 4.78 is 10.6. The molecule has 0 amide bonds. The van der Waals surface area contributed by atoms with E-state index < -0.39 is 0 Å². The molecule has 0 saturated heterocycles. The van der Waals surface area contributed by atoms with Crippen molar-refractivity contribution in [2.24, 2.45) is 0 Å². The lowest BCUT2D eigenvalue weighted by Crippen LogP contribution is -2.18. The Morgan fingerprint density at radius 1 is 1.30 bits per heavy atom. The zero-order valence-electron chi connectivity index (χ0n) is 13.5. The Labute approximate surface area is 140 Å². The molecule has 0 saturated carbocycles. The molecule has 0 aliphatic carbocycles. The molecule has 0 aliphatic rings. The van der Waals surface area contributed by atoms with Gasteiger partial charge in [0.15, 0.2) is 0 Å². The highest BCUT2D eigenvalue weighted by Crippen LogP contribution is 2.16. The summed E-state index contributed by atoms with van der Waals surface area (Å²) >= 11 is 1.65. The molecule has 0 fully saturated rings. The number of thiazole rings is 1. The number of hydrogen-bond donors (Lipinski definition) is 1. The fourth-order valence-electron chi connectivity index (χ4n) is 1.97. The van der Waals surface area contributed by atoms with Crippen LogP contribution in [0, 0.1) is 6.92 Å². The number of carbonyl (C=O) groups excluding carboxylic acids is 1. The molecule has 0 atom stereocenters. The van der Waals surface area contributed by atoms with E-state index in [1.165, 1.54) is 4.88 Å². The van der Waals surface area contributed by atoms with Crippen molar-refractivity contribution in [3.8, 4) is 5.75 Å². The molecule has 23 heavy (non-hydrogen) atoms. The van der Waals surface area contributed by atoms with Gasteiger partial charge in [0.05, 0.1) is 13.0 Å². The average Bonchev–Trinajstić information content (AvgIpc) is 2.96. The normalized spacial score (nSPS) is 10.5. The zero-order chi connectivity index (χ0) is 16.5. The van der Waals surface area contributed by atoms with Gasteiger partial charge in [0.2, 0.25) is 0 Å². The number of aromatic nitrogens is 1. The van der Waals surface area contributed by atoms with Crippen molar-refractivity contribution in [1.82, 2.24) is 10.3 Å². The molecule has 1 aromatic carbocycles. The fraction of sp³-hybridized carbons (Fsp3) is 0.412. The SMILES string of the molecule is CCOC(=O)CCNCc1ccc(OCc2ncc(C)s2)cc1. The summed E-state index contributed by atoms with van der Waals surface area (Å²) in [5.41, 5.74) is 1.14. The average molecular weight is 334 g/mol. The van der Waals surface area contributed by atoms with E-state index in [1.807, 2.05) is 44.3 Å². The fourth-order valence-corrected chi connectivity index (χ4v) is 2.67. The summed E-state index contributed by atoms with van der Waals surface area (Å²) in [6.07, 6.45) is 2.25. The summed E-state index contributed by atoms with van der Waals surface area (Å²) in [5.74, 6) is 0.661. The Morgan fingerprint density at radius 3 is 2.74 bits per heavy atom. The minimum absolute atomic E-state index is 0.166. The lowest BCUT2D eigenvalue weighted by atomic mass is 10.2. The molecule has 2 aromatic rings. The first-order chi connectivity index (χ1) is 11.2. The van der Waals surface area contributed by atoms with Gasteiger partial charge in [-0.25, -0.2) is 4.98 Å². The van der Waals surface area contributed by atoms with Crippen molar-refractivity contribution in [2.75, 3.05) is 13.2 Å². The van der Waals surface area contributed by atoms with Crippen molar-refractivity contribution in [3.05, 3.63) is 45.9 Å². The van der Waals surface area contributed by atoms with Crippen LogP contribution < -0.4 is 10.1 Å². The van der Waals surface area contributed by atoms with Crippen molar-refractivity contribution in [2.45, 2.75) is 33.4 Å². The number of nitrogens with zero attached hydrogens (tertiary/aromatic N) is 1. The van der Waals surface area contributed by atoms with Crippen LogP contribution >= 0.6 is 11.3 Å². The lowest BCUT2D eigenvalue weighted by Gasteiger charge is -2.07. The number of benzene rings is 1. The van der Waals surface area contributed by atoms with Crippen LogP contribution in [0.25, 0.3) is 0 Å². The number of hydrogen-bond acceptors (Lipinski definition) is 6. The van der Waals surface area contributed by atoms with E-state index in [4.69, 9.17) is 9.47 Å². The minimum atomic E-state index is -0.166. The molecule has 0 bridgehead atoms. The van der Waals surface area contributed by atoms with Crippen molar-refractivity contribution >= 4 is 17.3 Å². The number of esters is 1. The maximum Gasteiger partial charge on any atom is 0.307 e. The molecule has 0 unspecified atom stereocenters. The van der Waals surface area contributed by atoms with E-state index in [-0.39, 0.29) is 5.97 Å². The molecular formula is C17H22N2O3S. The van der Waals surface area contributed by atoms with Crippen LogP contribution in [-0.4, -0.2) is 24.1 Å². The second-order valence-electron chi connectivity index (χ2n) is 5.03. The predicted octanol–water partition coefficient (Wildman–Crippen LogP) is 3.07. The zero-order valence-corrected chi connectivity index (χ0v) is 14.3. The highest BCUT2D eigenvalue weighted by Gasteiger charge is 2.02. The molecule has 1 heterocycles. The van der Waals surface area contributed by atoms with Crippen LogP contribution in [0.2, 0.25) is 0 Å². The number of ether oxygens (including phenoxy) is 2. The van der Waals surface area contributed by atoms with E-state index in [9.17, 15) is 4.79 Å². The molecule has 0 spiro atoms. The maximum atomic E-state index is 11.2. The van der Waals surface area contributed by atoms with E-state index in [0.29, 0.717) is 32.7 Å². The Morgan fingerprint density at radius 2 is 2.09 bits per heavy atom. The molecule has 5 nitrogen and oxygen atoms in total. The molecule has 0 radical (unpaired) electrons. The van der Waals surface area contributed by atoms with Gasteiger partial charge in [0.25, 0.3) is 0 Å². The van der Waals surface area contributed by atoms with Crippen LogP contribution in [0.5, 0.6) is 5.75 Å². The quantitative estimate of drug-likeness (QED) is 0.564. The van der Waals surface area contributed by atoms with E-state index in [0.717, 1.165) is 16.3 Å². The number of rotatable bonds is 9. The minimum Gasteiger partial charge on any atom is -0.486 e. The van der Waals surface area contributed by atoms with Gasteiger partial charge in [-0.1, -0.05) is 12.1 Å². The lowest BCUT2D eigenvalue weighted by molar-refractivity contribution is -0.142. The van der Waals surface area contributed by atoms with Crippen LogP contribution in [0.1, 0.15) is 28.8 Å². The summed E-state index contributed by atoms with van der Waals surface area (Å²) in [7, 11) is 0. The Kier molecular flexibility index (Phi) is 7.03. The van der Waals surface area contributed by atoms with Gasteiger partial charge in [-0.05, 0) is 31.5 Å². The highest BCUT2D eigenvalue weighted by atomic mass is 32.1.